The highest BCUT2D eigenvalue weighted by Crippen LogP contribution is 2.29. The molecule has 29 heavy (non-hydrogen) atoms. The topological polar surface area (TPSA) is 90.7 Å². The fourth-order valence-electron chi connectivity index (χ4n) is 2.53. The number of nitro benzene ring substituents is 1. The lowest BCUT2D eigenvalue weighted by Gasteiger charge is -2.09. The van der Waals surface area contributed by atoms with Crippen LogP contribution in [0, 0.1) is 10.1 Å². The molecule has 0 saturated heterocycles. The molecule has 0 bridgehead atoms. The fraction of sp³-hybridized carbons (Fsp3) is 0.0952. The summed E-state index contributed by atoms with van der Waals surface area (Å²) in [4.78, 5) is 23.1. The summed E-state index contributed by atoms with van der Waals surface area (Å²) < 4.78 is 10.9. The monoisotopic (exact) mass is 412 g/mol. The third kappa shape index (κ3) is 5.24. The molecule has 3 aromatic carbocycles. The molecular weight excluding hydrogens is 396 g/mol. The van der Waals surface area contributed by atoms with Crippen molar-refractivity contribution in [2.24, 2.45) is 0 Å². The highest BCUT2D eigenvalue weighted by molar-refractivity contribution is 6.30. The second kappa shape index (κ2) is 9.07. The second-order valence-electron chi connectivity index (χ2n) is 5.91. The highest BCUT2D eigenvalue weighted by Gasteiger charge is 2.18. The Bertz CT molecular complexity index is 1020. The van der Waals surface area contributed by atoms with Crippen LogP contribution in [0.5, 0.6) is 17.2 Å². The van der Waals surface area contributed by atoms with Gasteiger partial charge in [-0.3, -0.25) is 14.9 Å². The number of hydrogen-bond acceptors (Lipinski definition) is 5. The van der Waals surface area contributed by atoms with E-state index in [4.69, 9.17) is 21.1 Å². The molecule has 0 aliphatic heterocycles. The number of rotatable bonds is 7. The number of anilines is 1. The van der Waals surface area contributed by atoms with E-state index in [1.165, 1.54) is 18.2 Å². The van der Waals surface area contributed by atoms with Gasteiger partial charge >= 0.3 is 5.69 Å². The van der Waals surface area contributed by atoms with Crippen LogP contribution < -0.4 is 14.8 Å². The quantitative estimate of drug-likeness (QED) is 0.397. The lowest BCUT2D eigenvalue weighted by Crippen LogP contribution is -2.12. The zero-order valence-electron chi connectivity index (χ0n) is 15.4. The summed E-state index contributed by atoms with van der Waals surface area (Å²) in [6.45, 7) is 2.02. The lowest BCUT2D eigenvalue weighted by molar-refractivity contribution is -0.385. The van der Waals surface area contributed by atoms with E-state index in [0.29, 0.717) is 22.2 Å². The van der Waals surface area contributed by atoms with E-state index in [9.17, 15) is 14.9 Å². The molecule has 0 spiro atoms. The van der Waals surface area contributed by atoms with Crippen molar-refractivity contribution in [2.45, 2.75) is 6.92 Å². The van der Waals surface area contributed by atoms with Crippen LogP contribution in [0.25, 0.3) is 0 Å². The number of benzene rings is 3. The Kier molecular flexibility index (Phi) is 6.31. The van der Waals surface area contributed by atoms with E-state index in [1.54, 1.807) is 55.5 Å². The molecule has 7 nitrogen and oxygen atoms in total. The van der Waals surface area contributed by atoms with Crippen molar-refractivity contribution in [3.63, 3.8) is 0 Å². The normalized spacial score (nSPS) is 10.3. The maximum atomic E-state index is 12.4. The third-order valence-electron chi connectivity index (χ3n) is 3.88. The number of carbonyl (C=O) groups is 1. The zero-order valence-corrected chi connectivity index (χ0v) is 16.2. The first-order chi connectivity index (χ1) is 14.0. The average molecular weight is 413 g/mol. The Balaban J connectivity index is 1.69. The van der Waals surface area contributed by atoms with Crippen LogP contribution in [0.2, 0.25) is 5.02 Å². The summed E-state index contributed by atoms with van der Waals surface area (Å²) in [5, 5.41) is 14.5. The summed E-state index contributed by atoms with van der Waals surface area (Å²) in [5.41, 5.74) is 0.419. The molecule has 0 aromatic heterocycles. The first-order valence-corrected chi connectivity index (χ1v) is 9.10. The third-order valence-corrected chi connectivity index (χ3v) is 4.13. The summed E-state index contributed by atoms with van der Waals surface area (Å²) in [6, 6.07) is 17.8. The van der Waals surface area contributed by atoms with Gasteiger partial charge in [-0.15, -0.1) is 0 Å². The van der Waals surface area contributed by atoms with Crippen molar-refractivity contribution in [3.8, 4) is 17.2 Å². The van der Waals surface area contributed by atoms with Gasteiger partial charge in [0.25, 0.3) is 5.91 Å². The fourth-order valence-corrected chi connectivity index (χ4v) is 2.65. The van der Waals surface area contributed by atoms with Crippen molar-refractivity contribution < 1.29 is 19.2 Å². The minimum Gasteiger partial charge on any atom is -0.487 e. The van der Waals surface area contributed by atoms with Crippen LogP contribution in [0.15, 0.2) is 66.7 Å². The predicted molar refractivity (Wildman–Crippen MR) is 110 cm³/mol. The molecule has 8 heteroatoms. The van der Waals surface area contributed by atoms with Gasteiger partial charge < -0.3 is 14.8 Å². The number of hydrogen-bond donors (Lipinski definition) is 1. The summed E-state index contributed by atoms with van der Waals surface area (Å²) in [6.07, 6.45) is 0. The standard InChI is InChI=1S/C21H17ClN2O5/c1-2-28-20-12-3-14(13-19(20)24(26)27)21(25)23-16-6-10-18(11-7-16)29-17-8-4-15(22)5-9-17/h3-13H,2H2,1H3,(H,23,25). The first kappa shape index (κ1) is 20.2. The van der Waals surface area contributed by atoms with Gasteiger partial charge in [0.15, 0.2) is 5.75 Å². The predicted octanol–water partition coefficient (Wildman–Crippen LogP) is 5.69. The average Bonchev–Trinajstić information content (AvgIpc) is 2.71. The minimum absolute atomic E-state index is 0.123. The minimum atomic E-state index is -0.579. The molecule has 0 fully saturated rings. The van der Waals surface area contributed by atoms with E-state index in [-0.39, 0.29) is 23.6 Å². The van der Waals surface area contributed by atoms with E-state index in [0.717, 1.165) is 0 Å². The maximum Gasteiger partial charge on any atom is 0.311 e. The Hall–Kier alpha value is -3.58. The highest BCUT2D eigenvalue weighted by atomic mass is 35.5. The Labute approximate surface area is 172 Å². The second-order valence-corrected chi connectivity index (χ2v) is 6.34. The lowest BCUT2D eigenvalue weighted by atomic mass is 10.1. The van der Waals surface area contributed by atoms with Crippen LogP contribution in [-0.2, 0) is 0 Å². The molecule has 1 amide bonds. The molecular formula is C21H17ClN2O5. The van der Waals surface area contributed by atoms with Crippen molar-refractivity contribution in [1.82, 2.24) is 0 Å². The molecule has 3 rings (SSSR count). The van der Waals surface area contributed by atoms with Gasteiger partial charge in [-0.2, -0.15) is 0 Å². The number of halogens is 1. The van der Waals surface area contributed by atoms with Crippen LogP contribution in [-0.4, -0.2) is 17.4 Å². The molecule has 0 unspecified atom stereocenters. The maximum absolute atomic E-state index is 12.4. The van der Waals surface area contributed by atoms with E-state index < -0.39 is 10.8 Å². The molecule has 0 atom stereocenters. The Morgan fingerprint density at radius 1 is 1.03 bits per heavy atom. The van der Waals surface area contributed by atoms with Gasteiger partial charge in [-0.05, 0) is 67.6 Å². The molecule has 0 heterocycles. The Morgan fingerprint density at radius 3 is 2.24 bits per heavy atom. The van der Waals surface area contributed by atoms with Gasteiger partial charge in [0.2, 0.25) is 0 Å². The number of ether oxygens (including phenoxy) is 2. The first-order valence-electron chi connectivity index (χ1n) is 8.72. The number of nitro groups is 1. The molecule has 148 valence electrons. The van der Waals surface area contributed by atoms with Gasteiger partial charge in [0.1, 0.15) is 11.5 Å². The zero-order chi connectivity index (χ0) is 20.8. The van der Waals surface area contributed by atoms with Gasteiger partial charge in [-0.25, -0.2) is 0 Å². The van der Waals surface area contributed by atoms with Crippen molar-refractivity contribution >= 4 is 28.9 Å². The molecule has 1 N–H and O–H groups in total. The summed E-state index contributed by atoms with van der Waals surface area (Å²) >= 11 is 5.85. The number of nitrogens with one attached hydrogen (secondary N) is 1. The van der Waals surface area contributed by atoms with Crippen molar-refractivity contribution in [1.29, 1.82) is 0 Å². The molecule has 3 aromatic rings. The number of nitrogens with zero attached hydrogens (tertiary/aromatic N) is 1. The van der Waals surface area contributed by atoms with Crippen LogP contribution in [0.4, 0.5) is 11.4 Å². The summed E-state index contributed by atoms with van der Waals surface area (Å²) in [5.74, 6) is 0.871. The number of carbonyl (C=O) groups excluding carboxylic acids is 1. The van der Waals surface area contributed by atoms with Gasteiger partial charge in [-0.1, -0.05) is 11.6 Å². The molecule has 0 radical (unpaired) electrons. The van der Waals surface area contributed by atoms with E-state index in [1.807, 2.05) is 0 Å². The largest absolute Gasteiger partial charge is 0.487 e. The van der Waals surface area contributed by atoms with Crippen molar-refractivity contribution in [3.05, 3.63) is 87.4 Å². The smallest absolute Gasteiger partial charge is 0.311 e. The Morgan fingerprint density at radius 2 is 1.66 bits per heavy atom. The van der Waals surface area contributed by atoms with Gasteiger partial charge in [0.05, 0.1) is 11.5 Å². The van der Waals surface area contributed by atoms with Crippen LogP contribution in [0.3, 0.4) is 0 Å². The van der Waals surface area contributed by atoms with Crippen LogP contribution >= 0.6 is 11.6 Å². The van der Waals surface area contributed by atoms with E-state index >= 15 is 0 Å². The van der Waals surface area contributed by atoms with Gasteiger partial charge in [0, 0.05) is 22.3 Å². The van der Waals surface area contributed by atoms with E-state index in [2.05, 4.69) is 5.32 Å². The van der Waals surface area contributed by atoms with Crippen molar-refractivity contribution in [2.75, 3.05) is 11.9 Å². The SMILES string of the molecule is CCOc1ccc(C(=O)Nc2ccc(Oc3ccc(Cl)cc3)cc2)cc1[N+](=O)[O-]. The van der Waals surface area contributed by atoms with Crippen LogP contribution in [0.1, 0.15) is 17.3 Å². The molecule has 0 aliphatic carbocycles. The summed E-state index contributed by atoms with van der Waals surface area (Å²) in [7, 11) is 0. The molecule has 0 aliphatic rings. The number of amides is 1. The molecule has 0 saturated carbocycles.